The fraction of sp³-hybridized carbons (Fsp3) is 0.588. The van der Waals surface area contributed by atoms with Crippen molar-refractivity contribution in [2.75, 3.05) is 18.4 Å². The van der Waals surface area contributed by atoms with E-state index in [4.69, 9.17) is 4.52 Å². The maximum absolute atomic E-state index is 5.20. The van der Waals surface area contributed by atoms with Crippen LogP contribution in [0.15, 0.2) is 16.8 Å². The highest BCUT2D eigenvalue weighted by Crippen LogP contribution is 2.23. The summed E-state index contributed by atoms with van der Waals surface area (Å²) in [7, 11) is 0. The molecule has 0 spiro atoms. The Labute approximate surface area is 138 Å². The number of rotatable bonds is 7. The molecular formula is C17H27N5O. The summed E-state index contributed by atoms with van der Waals surface area (Å²) in [5.41, 5.74) is 1.69. The molecule has 1 N–H and O–H groups in total. The summed E-state index contributed by atoms with van der Waals surface area (Å²) in [4.78, 5) is 11.4. The van der Waals surface area contributed by atoms with E-state index in [9.17, 15) is 0 Å². The topological polar surface area (TPSA) is 67.1 Å². The molecule has 2 rings (SSSR count). The van der Waals surface area contributed by atoms with Gasteiger partial charge in [0.15, 0.2) is 5.82 Å². The molecule has 0 aromatic carbocycles. The van der Waals surface area contributed by atoms with Gasteiger partial charge < -0.3 is 9.84 Å². The second kappa shape index (κ2) is 7.55. The van der Waals surface area contributed by atoms with E-state index in [1.54, 1.807) is 6.20 Å². The summed E-state index contributed by atoms with van der Waals surface area (Å²) in [6, 6.07) is 2.94. The largest absolute Gasteiger partial charge is 0.369 e. The van der Waals surface area contributed by atoms with Crippen LogP contribution in [0, 0.1) is 13.8 Å². The van der Waals surface area contributed by atoms with Gasteiger partial charge in [0.25, 0.3) is 0 Å². The van der Waals surface area contributed by atoms with Crippen LogP contribution in [0.25, 0.3) is 11.4 Å². The Morgan fingerprint density at radius 1 is 1.17 bits per heavy atom. The number of nitrogens with one attached hydrogen (secondary N) is 1. The number of hydrogen-bond donors (Lipinski definition) is 1. The Bertz CT molecular complexity index is 608. The molecule has 6 heteroatoms. The fourth-order valence-corrected chi connectivity index (χ4v) is 2.81. The number of aryl methyl sites for hydroxylation is 2. The smallest absolute Gasteiger partial charge is 0.166 e. The lowest BCUT2D eigenvalue weighted by Gasteiger charge is -2.30. The Morgan fingerprint density at radius 2 is 1.87 bits per heavy atom. The van der Waals surface area contributed by atoms with E-state index in [1.807, 2.05) is 19.9 Å². The molecule has 2 aromatic rings. The molecule has 0 saturated heterocycles. The molecule has 6 nitrogen and oxygen atoms in total. The third-order valence-corrected chi connectivity index (χ3v) is 3.92. The number of nitrogens with zero attached hydrogens (tertiary/aromatic N) is 4. The normalized spacial score (nSPS) is 11.7. The molecule has 0 amide bonds. The van der Waals surface area contributed by atoms with Crippen LogP contribution in [0.5, 0.6) is 0 Å². The first-order valence-corrected chi connectivity index (χ1v) is 8.16. The van der Waals surface area contributed by atoms with E-state index >= 15 is 0 Å². The second-order valence-electron chi connectivity index (χ2n) is 6.32. The molecule has 0 fully saturated rings. The highest BCUT2D eigenvalue weighted by molar-refractivity contribution is 5.61. The van der Waals surface area contributed by atoms with Crippen molar-refractivity contribution in [2.45, 2.75) is 53.6 Å². The van der Waals surface area contributed by atoms with Gasteiger partial charge in [-0.2, -0.15) is 0 Å². The van der Waals surface area contributed by atoms with Gasteiger partial charge in [-0.15, -0.1) is 0 Å². The van der Waals surface area contributed by atoms with Crippen LogP contribution in [-0.2, 0) is 0 Å². The molecule has 23 heavy (non-hydrogen) atoms. The molecule has 0 aliphatic heterocycles. The quantitative estimate of drug-likeness (QED) is 0.845. The summed E-state index contributed by atoms with van der Waals surface area (Å²) in [5.74, 6) is 2.21. The summed E-state index contributed by atoms with van der Waals surface area (Å²) in [6.45, 7) is 14.5. The lowest BCUT2D eigenvalue weighted by molar-refractivity contribution is 0.182. The third-order valence-electron chi connectivity index (χ3n) is 3.92. The fourth-order valence-electron chi connectivity index (χ4n) is 2.81. The van der Waals surface area contributed by atoms with Crippen LogP contribution >= 0.6 is 0 Å². The summed E-state index contributed by atoms with van der Waals surface area (Å²) in [6.07, 6.45) is 1.76. The van der Waals surface area contributed by atoms with E-state index in [2.05, 4.69) is 53.0 Å². The number of aromatic nitrogens is 3. The first-order valence-electron chi connectivity index (χ1n) is 8.16. The van der Waals surface area contributed by atoms with Crippen LogP contribution in [0.2, 0.25) is 0 Å². The van der Waals surface area contributed by atoms with Crippen molar-refractivity contribution >= 4 is 5.82 Å². The minimum Gasteiger partial charge on any atom is -0.369 e. The summed E-state index contributed by atoms with van der Waals surface area (Å²) >= 11 is 0. The van der Waals surface area contributed by atoms with Gasteiger partial charge in [-0.3, -0.25) is 4.90 Å². The van der Waals surface area contributed by atoms with Crippen LogP contribution < -0.4 is 5.32 Å². The second-order valence-corrected chi connectivity index (χ2v) is 6.32. The third kappa shape index (κ3) is 4.28. The molecule has 0 radical (unpaired) electrons. The van der Waals surface area contributed by atoms with Crippen molar-refractivity contribution in [3.63, 3.8) is 0 Å². The highest BCUT2D eigenvalue weighted by Gasteiger charge is 2.15. The zero-order valence-corrected chi connectivity index (χ0v) is 14.9. The predicted octanol–water partition coefficient (Wildman–Crippen LogP) is 3.28. The summed E-state index contributed by atoms with van der Waals surface area (Å²) in [5, 5.41) is 7.35. The predicted molar refractivity (Wildman–Crippen MR) is 92.5 cm³/mol. The van der Waals surface area contributed by atoms with Gasteiger partial charge in [0.1, 0.15) is 11.6 Å². The van der Waals surface area contributed by atoms with Crippen molar-refractivity contribution in [1.82, 2.24) is 20.0 Å². The van der Waals surface area contributed by atoms with Gasteiger partial charge in [0.05, 0.1) is 11.3 Å². The van der Waals surface area contributed by atoms with Gasteiger partial charge in [0.2, 0.25) is 0 Å². The van der Waals surface area contributed by atoms with Crippen LogP contribution in [0.3, 0.4) is 0 Å². The average Bonchev–Trinajstić information content (AvgIpc) is 2.82. The zero-order valence-electron chi connectivity index (χ0n) is 14.9. The van der Waals surface area contributed by atoms with Gasteiger partial charge in [-0.1, -0.05) is 5.16 Å². The van der Waals surface area contributed by atoms with Crippen LogP contribution in [0.4, 0.5) is 5.82 Å². The first kappa shape index (κ1) is 17.4. The van der Waals surface area contributed by atoms with Gasteiger partial charge in [0, 0.05) is 31.4 Å². The molecule has 0 bridgehead atoms. The van der Waals surface area contributed by atoms with E-state index in [0.29, 0.717) is 17.9 Å². The Morgan fingerprint density at radius 3 is 2.43 bits per heavy atom. The molecule has 2 heterocycles. The zero-order chi connectivity index (χ0) is 17.0. The highest BCUT2D eigenvalue weighted by atomic mass is 16.5. The van der Waals surface area contributed by atoms with Gasteiger partial charge >= 0.3 is 0 Å². The Balaban J connectivity index is 2.04. The Kier molecular flexibility index (Phi) is 5.71. The lowest BCUT2D eigenvalue weighted by Crippen LogP contribution is -2.40. The number of hydrogen-bond acceptors (Lipinski definition) is 6. The monoisotopic (exact) mass is 317 g/mol. The lowest BCUT2D eigenvalue weighted by atomic mass is 10.2. The standard InChI is InChI=1S/C17H27N5O/c1-11(2)22(12(3)4)10-9-18-15-7-8-19-17(20-15)16-13(5)21-23-14(16)6/h7-8,11-12H,9-10H2,1-6H3,(H,18,19,20). The molecule has 2 aromatic heterocycles. The van der Waals surface area contributed by atoms with Gasteiger partial charge in [-0.05, 0) is 47.6 Å². The first-order chi connectivity index (χ1) is 10.9. The van der Waals surface area contributed by atoms with E-state index < -0.39 is 0 Å². The molecular weight excluding hydrogens is 290 g/mol. The average molecular weight is 317 g/mol. The summed E-state index contributed by atoms with van der Waals surface area (Å²) < 4.78 is 5.20. The van der Waals surface area contributed by atoms with Crippen molar-refractivity contribution in [2.24, 2.45) is 0 Å². The van der Waals surface area contributed by atoms with Gasteiger partial charge in [-0.25, -0.2) is 9.97 Å². The molecule has 126 valence electrons. The molecule has 0 atom stereocenters. The molecule has 0 saturated carbocycles. The molecule has 0 unspecified atom stereocenters. The maximum atomic E-state index is 5.20. The van der Waals surface area contributed by atoms with E-state index in [0.717, 1.165) is 35.9 Å². The number of anilines is 1. The van der Waals surface area contributed by atoms with Crippen molar-refractivity contribution in [3.05, 3.63) is 23.7 Å². The minimum absolute atomic E-state index is 0.528. The minimum atomic E-state index is 0.528. The van der Waals surface area contributed by atoms with E-state index in [1.165, 1.54) is 0 Å². The molecule has 0 aliphatic carbocycles. The van der Waals surface area contributed by atoms with Crippen molar-refractivity contribution in [3.8, 4) is 11.4 Å². The maximum Gasteiger partial charge on any atom is 0.166 e. The Hall–Kier alpha value is -1.95. The SMILES string of the molecule is Cc1noc(C)c1-c1nccc(NCCN(C(C)C)C(C)C)n1. The van der Waals surface area contributed by atoms with E-state index in [-0.39, 0.29) is 0 Å². The molecule has 0 aliphatic rings. The van der Waals surface area contributed by atoms with Crippen molar-refractivity contribution < 1.29 is 4.52 Å². The van der Waals surface area contributed by atoms with Crippen LogP contribution in [-0.4, -0.2) is 45.2 Å². The van der Waals surface area contributed by atoms with Crippen LogP contribution in [0.1, 0.15) is 39.1 Å². The van der Waals surface area contributed by atoms with Crippen molar-refractivity contribution in [1.29, 1.82) is 0 Å².